The number of benzene rings is 4. The van der Waals surface area contributed by atoms with E-state index in [4.69, 9.17) is 14.2 Å². The molecule has 0 unspecified atom stereocenters. The van der Waals surface area contributed by atoms with E-state index in [2.05, 4.69) is 0 Å². The van der Waals surface area contributed by atoms with Gasteiger partial charge in [-0.05, 0) is 71.1 Å². The van der Waals surface area contributed by atoms with Gasteiger partial charge >= 0.3 is 5.97 Å². The fourth-order valence-corrected chi connectivity index (χ4v) is 6.98. The van der Waals surface area contributed by atoms with E-state index in [1.54, 1.807) is 6.07 Å². The first-order valence-electron chi connectivity index (χ1n) is 13.7. The Morgan fingerprint density at radius 1 is 0.780 bits per heavy atom. The van der Waals surface area contributed by atoms with Gasteiger partial charge in [-0.25, -0.2) is 4.90 Å². The molecule has 3 heterocycles. The van der Waals surface area contributed by atoms with Crippen molar-refractivity contribution in [2.45, 2.75) is 19.8 Å². The Balaban J connectivity index is 1.37. The van der Waals surface area contributed by atoms with Crippen LogP contribution in [0.5, 0.6) is 17.2 Å². The third kappa shape index (κ3) is 3.35. The lowest BCUT2D eigenvalue weighted by Crippen LogP contribution is -2.42. The highest BCUT2D eigenvalue weighted by molar-refractivity contribution is 6.25. The summed E-state index contributed by atoms with van der Waals surface area (Å²) in [6.07, 6.45) is 2.01. The van der Waals surface area contributed by atoms with Crippen LogP contribution in [0.25, 0.3) is 16.3 Å². The molecule has 4 atom stereocenters. The van der Waals surface area contributed by atoms with Crippen LogP contribution in [0.3, 0.4) is 0 Å². The van der Waals surface area contributed by atoms with Crippen LogP contribution < -0.4 is 19.1 Å². The van der Waals surface area contributed by atoms with Crippen LogP contribution >= 0.6 is 0 Å². The number of carbonyl (C=O) groups excluding carboxylic acids is 3. The maximum absolute atomic E-state index is 14.4. The fourth-order valence-electron chi connectivity index (χ4n) is 6.98. The monoisotopic (exact) mass is 543 g/mol. The van der Waals surface area contributed by atoms with Crippen molar-refractivity contribution in [3.63, 3.8) is 0 Å². The summed E-state index contributed by atoms with van der Waals surface area (Å²) < 4.78 is 17.1. The van der Waals surface area contributed by atoms with E-state index in [1.165, 1.54) is 4.90 Å². The number of rotatable bonds is 2. The average molecular weight is 544 g/mol. The molecule has 0 radical (unpaired) electrons. The maximum Gasteiger partial charge on any atom is 0.319 e. The highest BCUT2D eigenvalue weighted by atomic mass is 16.7. The van der Waals surface area contributed by atoms with Crippen molar-refractivity contribution in [1.82, 2.24) is 0 Å². The number of imide groups is 1. The summed E-state index contributed by atoms with van der Waals surface area (Å²) in [7, 11) is 0. The number of fused-ring (bicyclic) bond motifs is 8. The van der Waals surface area contributed by atoms with E-state index >= 15 is 0 Å². The minimum Gasteiger partial charge on any atom is -0.454 e. The zero-order valence-corrected chi connectivity index (χ0v) is 22.4. The van der Waals surface area contributed by atoms with Gasteiger partial charge in [0.15, 0.2) is 11.5 Å². The van der Waals surface area contributed by atoms with Gasteiger partial charge in [0.1, 0.15) is 5.75 Å². The van der Waals surface area contributed by atoms with Crippen molar-refractivity contribution in [1.29, 1.82) is 0 Å². The highest BCUT2D eigenvalue weighted by Gasteiger charge is 2.60. The summed E-state index contributed by atoms with van der Waals surface area (Å²) in [6, 6.07) is 23.0. The predicted molar refractivity (Wildman–Crippen MR) is 152 cm³/mol. The Morgan fingerprint density at radius 3 is 2.44 bits per heavy atom. The first-order chi connectivity index (χ1) is 19.9. The number of anilines is 1. The fraction of sp³-hybridized carbons (Fsp3) is 0.206. The number of ether oxygens (including phenoxy) is 3. The van der Waals surface area contributed by atoms with Gasteiger partial charge in [-0.1, -0.05) is 54.6 Å². The smallest absolute Gasteiger partial charge is 0.319 e. The number of allylic oxidation sites excluding steroid dienone is 1. The molecule has 0 saturated carbocycles. The molecule has 4 aromatic carbocycles. The summed E-state index contributed by atoms with van der Waals surface area (Å²) in [4.78, 5) is 43.7. The first kappa shape index (κ1) is 23.9. The summed E-state index contributed by atoms with van der Waals surface area (Å²) in [5, 5.41) is 1.93. The van der Waals surface area contributed by atoms with Crippen LogP contribution in [0.4, 0.5) is 5.69 Å². The van der Waals surface area contributed by atoms with E-state index in [-0.39, 0.29) is 18.6 Å². The largest absolute Gasteiger partial charge is 0.454 e. The first-order valence-corrected chi connectivity index (χ1v) is 13.7. The van der Waals surface area contributed by atoms with Crippen LogP contribution in [0.2, 0.25) is 0 Å². The van der Waals surface area contributed by atoms with Gasteiger partial charge in [-0.2, -0.15) is 0 Å². The average Bonchev–Trinajstić information content (AvgIpc) is 3.55. The van der Waals surface area contributed by atoms with E-state index < -0.39 is 29.6 Å². The van der Waals surface area contributed by atoms with Crippen molar-refractivity contribution < 1.29 is 28.6 Å². The molecule has 202 valence electrons. The van der Waals surface area contributed by atoms with Gasteiger partial charge in [-0.15, -0.1) is 0 Å². The summed E-state index contributed by atoms with van der Waals surface area (Å²) >= 11 is 0. The van der Waals surface area contributed by atoms with E-state index in [9.17, 15) is 14.4 Å². The molecule has 0 aromatic heterocycles. The number of hydrogen-bond donors (Lipinski definition) is 0. The molecule has 4 aliphatic rings. The minimum atomic E-state index is -0.919. The number of hydrogen-bond acceptors (Lipinski definition) is 6. The topological polar surface area (TPSA) is 82.1 Å². The summed E-state index contributed by atoms with van der Waals surface area (Å²) in [5.41, 5.74) is 4.63. The van der Waals surface area contributed by atoms with E-state index in [0.717, 1.165) is 38.6 Å². The SMILES string of the molecule is Cc1ccc(C)c(N2C(=O)[C@@H]3[C@@H]4C(=O)Oc5ccc6ccccc6c5C4=C[C@@H](c4ccc5c(c4)OCO5)[C@H]3C2=O)c1. The lowest BCUT2D eigenvalue weighted by molar-refractivity contribution is -0.142. The van der Waals surface area contributed by atoms with Crippen LogP contribution in [-0.4, -0.2) is 24.6 Å². The zero-order valence-electron chi connectivity index (χ0n) is 22.4. The molecule has 7 heteroatoms. The second-order valence-corrected chi connectivity index (χ2v) is 11.2. The number of nitrogens with zero attached hydrogens (tertiary/aromatic N) is 1. The van der Waals surface area contributed by atoms with Gasteiger partial charge in [0.05, 0.1) is 23.4 Å². The number of carbonyl (C=O) groups is 3. The molecule has 41 heavy (non-hydrogen) atoms. The molecule has 8 rings (SSSR count). The van der Waals surface area contributed by atoms with Crippen LogP contribution in [0, 0.1) is 31.6 Å². The molecule has 3 aliphatic heterocycles. The number of esters is 1. The normalized spacial score (nSPS) is 24.1. The molecule has 0 N–H and O–H groups in total. The van der Waals surface area contributed by atoms with Gasteiger partial charge < -0.3 is 14.2 Å². The molecular weight excluding hydrogens is 518 g/mol. The Bertz CT molecular complexity index is 1870. The highest BCUT2D eigenvalue weighted by Crippen LogP contribution is 2.56. The number of aryl methyl sites for hydroxylation is 2. The molecule has 1 fully saturated rings. The van der Waals surface area contributed by atoms with Crippen molar-refractivity contribution in [2.24, 2.45) is 17.8 Å². The quantitative estimate of drug-likeness (QED) is 0.183. The van der Waals surface area contributed by atoms with Crippen LogP contribution in [-0.2, 0) is 14.4 Å². The van der Waals surface area contributed by atoms with E-state index in [0.29, 0.717) is 22.9 Å². The number of amides is 2. The minimum absolute atomic E-state index is 0.127. The van der Waals surface area contributed by atoms with Crippen LogP contribution in [0.15, 0.2) is 78.9 Å². The molecule has 1 aliphatic carbocycles. The summed E-state index contributed by atoms with van der Waals surface area (Å²) in [6.45, 7) is 3.94. The third-order valence-corrected chi connectivity index (χ3v) is 8.87. The van der Waals surface area contributed by atoms with Crippen LogP contribution in [0.1, 0.15) is 28.2 Å². The molecule has 0 bridgehead atoms. The van der Waals surface area contributed by atoms with Gasteiger partial charge in [-0.3, -0.25) is 14.4 Å². The van der Waals surface area contributed by atoms with Crippen molar-refractivity contribution >= 4 is 39.8 Å². The second-order valence-electron chi connectivity index (χ2n) is 11.2. The molecule has 4 aromatic rings. The standard InChI is InChI=1S/C34H25NO6/c1-17-7-8-18(2)24(13-17)35-32(36)29-22(20-10-11-25-27(14-20)40-16-39-25)15-23-28-21-6-4-3-5-19(21)9-12-26(28)41-34(38)30(23)31(29)33(35)37/h3-15,22,29-31H,16H2,1-2H3/t22-,29+,30+,31-/m0/s1. The van der Waals surface area contributed by atoms with Crippen molar-refractivity contribution in [2.75, 3.05) is 11.7 Å². The van der Waals surface area contributed by atoms with Crippen molar-refractivity contribution in [3.05, 3.63) is 101 Å². The lowest BCUT2D eigenvalue weighted by Gasteiger charge is -2.38. The predicted octanol–water partition coefficient (Wildman–Crippen LogP) is 5.71. The Kier molecular flexibility index (Phi) is 4.99. The molecular formula is C34H25NO6. The van der Waals surface area contributed by atoms with Crippen molar-refractivity contribution in [3.8, 4) is 17.2 Å². The molecule has 1 saturated heterocycles. The Morgan fingerprint density at radius 2 is 1.56 bits per heavy atom. The zero-order chi connectivity index (χ0) is 28.0. The van der Waals surface area contributed by atoms with E-state index in [1.807, 2.05) is 86.7 Å². The maximum atomic E-state index is 14.4. The lowest BCUT2D eigenvalue weighted by atomic mass is 9.64. The molecule has 7 nitrogen and oxygen atoms in total. The van der Waals surface area contributed by atoms with Gasteiger partial charge in [0.2, 0.25) is 18.6 Å². The summed E-state index contributed by atoms with van der Waals surface area (Å²) in [5.74, 6) is -2.62. The molecule has 2 amide bonds. The third-order valence-electron chi connectivity index (χ3n) is 8.87. The van der Waals surface area contributed by atoms with Gasteiger partial charge in [0, 0.05) is 11.5 Å². The Hall–Kier alpha value is -4.91. The molecule has 0 spiro atoms. The van der Waals surface area contributed by atoms with Gasteiger partial charge in [0.25, 0.3) is 0 Å². The Labute approximate surface area is 235 Å². The second kappa shape index (κ2) is 8.54.